The van der Waals surface area contributed by atoms with Crippen LogP contribution in [0.25, 0.3) is 0 Å². The fraction of sp³-hybridized carbons (Fsp3) is 0.571. The fourth-order valence-corrected chi connectivity index (χ4v) is 1.84. The van der Waals surface area contributed by atoms with Crippen LogP contribution in [0.2, 0.25) is 0 Å². The van der Waals surface area contributed by atoms with Crippen molar-refractivity contribution in [3.8, 4) is 0 Å². The third-order valence-corrected chi connectivity index (χ3v) is 2.92. The maximum Gasteiger partial charge on any atom is 0.274 e. The molecular weight excluding hydrogens is 272 g/mol. The van der Waals surface area contributed by atoms with Gasteiger partial charge in [-0.25, -0.2) is 0 Å². The van der Waals surface area contributed by atoms with Gasteiger partial charge in [0.05, 0.1) is 0 Å². The van der Waals surface area contributed by atoms with E-state index in [0.29, 0.717) is 29.8 Å². The summed E-state index contributed by atoms with van der Waals surface area (Å²) in [4.78, 5) is 16.3. The number of amides is 1. The van der Waals surface area contributed by atoms with E-state index in [1.165, 1.54) is 0 Å². The van der Waals surface area contributed by atoms with Gasteiger partial charge in [-0.15, -0.1) is 0 Å². The maximum absolute atomic E-state index is 12.1. The molecule has 0 bridgehead atoms. The molecule has 7 heteroatoms. The Morgan fingerprint density at radius 2 is 2.05 bits per heavy atom. The third-order valence-electron chi connectivity index (χ3n) is 2.92. The van der Waals surface area contributed by atoms with Crippen LogP contribution in [0.3, 0.4) is 0 Å². The van der Waals surface area contributed by atoms with Crippen LogP contribution in [0.15, 0.2) is 15.1 Å². The first-order valence-corrected chi connectivity index (χ1v) is 7.08. The van der Waals surface area contributed by atoms with Crippen molar-refractivity contribution in [2.24, 2.45) is 5.92 Å². The lowest BCUT2D eigenvalue weighted by atomic mass is 10.1. The van der Waals surface area contributed by atoms with Gasteiger partial charge >= 0.3 is 0 Å². The molecule has 114 valence electrons. The van der Waals surface area contributed by atoms with Crippen molar-refractivity contribution in [3.63, 3.8) is 0 Å². The quantitative estimate of drug-likeness (QED) is 0.878. The van der Waals surface area contributed by atoms with Crippen molar-refractivity contribution in [2.75, 3.05) is 0 Å². The largest absolute Gasteiger partial charge is 0.361 e. The first-order valence-electron chi connectivity index (χ1n) is 7.08. The first kappa shape index (κ1) is 15.2. The minimum absolute atomic E-state index is 0.257. The van der Waals surface area contributed by atoms with Gasteiger partial charge in [0, 0.05) is 18.9 Å². The molecule has 2 rings (SSSR count). The maximum atomic E-state index is 12.1. The number of rotatable bonds is 6. The van der Waals surface area contributed by atoms with E-state index in [-0.39, 0.29) is 17.6 Å². The molecule has 0 aliphatic rings. The summed E-state index contributed by atoms with van der Waals surface area (Å²) in [5.41, 5.74) is 0.257. The van der Waals surface area contributed by atoms with E-state index in [9.17, 15) is 4.79 Å². The highest BCUT2D eigenvalue weighted by Gasteiger charge is 2.19. The Balaban J connectivity index is 1.98. The zero-order valence-electron chi connectivity index (χ0n) is 12.7. The van der Waals surface area contributed by atoms with E-state index in [1.54, 1.807) is 13.0 Å². The van der Waals surface area contributed by atoms with Gasteiger partial charge in [0.1, 0.15) is 11.8 Å². The zero-order valence-corrected chi connectivity index (χ0v) is 12.7. The summed E-state index contributed by atoms with van der Waals surface area (Å²) in [6, 6.07) is 1.28. The molecule has 0 aliphatic carbocycles. The molecule has 0 radical (unpaired) electrons. The highest BCUT2D eigenvalue weighted by Crippen LogP contribution is 2.13. The molecule has 0 fully saturated rings. The Labute approximate surface area is 123 Å². The number of hydrogen-bond acceptors (Lipinski definition) is 6. The lowest BCUT2D eigenvalue weighted by Gasteiger charge is -2.07. The van der Waals surface area contributed by atoms with Crippen molar-refractivity contribution in [3.05, 3.63) is 29.2 Å². The Bertz CT molecular complexity index is 603. The summed E-state index contributed by atoms with van der Waals surface area (Å²) in [7, 11) is 0. The first-order chi connectivity index (χ1) is 9.99. The number of carbonyl (C=O) groups excluding carboxylic acids is 1. The highest BCUT2D eigenvalue weighted by molar-refractivity contribution is 5.92. The molecule has 0 aromatic carbocycles. The molecule has 2 aromatic heterocycles. The second kappa shape index (κ2) is 6.51. The van der Waals surface area contributed by atoms with Crippen molar-refractivity contribution >= 4 is 5.91 Å². The van der Waals surface area contributed by atoms with Crippen molar-refractivity contribution < 1.29 is 13.8 Å². The predicted octanol–water partition coefficient (Wildman–Crippen LogP) is 2.31. The second-order valence-corrected chi connectivity index (χ2v) is 5.37. The minimum Gasteiger partial charge on any atom is -0.361 e. The molecule has 2 heterocycles. The number of aryl methyl sites for hydroxylation is 1. The van der Waals surface area contributed by atoms with Crippen molar-refractivity contribution in [1.29, 1.82) is 0 Å². The third kappa shape index (κ3) is 3.90. The van der Waals surface area contributed by atoms with Crippen LogP contribution in [-0.2, 0) is 12.8 Å². The van der Waals surface area contributed by atoms with Crippen LogP contribution in [-0.4, -0.2) is 21.2 Å². The fourth-order valence-electron chi connectivity index (χ4n) is 1.84. The minimum atomic E-state index is -0.379. The van der Waals surface area contributed by atoms with Gasteiger partial charge in [0.25, 0.3) is 5.91 Å². The van der Waals surface area contributed by atoms with E-state index in [4.69, 9.17) is 9.05 Å². The Kier molecular flexibility index (Phi) is 4.72. The summed E-state index contributed by atoms with van der Waals surface area (Å²) in [5.74, 6) is 1.82. The van der Waals surface area contributed by atoms with Gasteiger partial charge < -0.3 is 14.4 Å². The highest BCUT2D eigenvalue weighted by atomic mass is 16.5. The molecule has 0 saturated heterocycles. The lowest BCUT2D eigenvalue weighted by molar-refractivity contribution is 0.0923. The average molecular weight is 292 g/mol. The summed E-state index contributed by atoms with van der Waals surface area (Å²) in [6.07, 6.45) is 1.44. The van der Waals surface area contributed by atoms with Gasteiger partial charge in [-0.3, -0.25) is 4.79 Å². The van der Waals surface area contributed by atoms with Gasteiger partial charge in [-0.1, -0.05) is 31.1 Å². The lowest BCUT2D eigenvalue weighted by Crippen LogP contribution is -2.27. The van der Waals surface area contributed by atoms with Gasteiger partial charge in [0.2, 0.25) is 5.89 Å². The number of nitrogens with zero attached hydrogens (tertiary/aromatic N) is 3. The van der Waals surface area contributed by atoms with Gasteiger partial charge in [0.15, 0.2) is 11.5 Å². The predicted molar refractivity (Wildman–Crippen MR) is 74.6 cm³/mol. The van der Waals surface area contributed by atoms with E-state index in [2.05, 4.69) is 34.5 Å². The second-order valence-electron chi connectivity index (χ2n) is 5.37. The number of nitrogens with one attached hydrogen (secondary N) is 1. The van der Waals surface area contributed by atoms with Crippen LogP contribution in [0.4, 0.5) is 0 Å². The van der Waals surface area contributed by atoms with Crippen LogP contribution in [0.1, 0.15) is 61.7 Å². The molecule has 7 nitrogen and oxygen atoms in total. The molecule has 0 saturated carbocycles. The topological polar surface area (TPSA) is 94.1 Å². The van der Waals surface area contributed by atoms with Crippen LogP contribution in [0, 0.1) is 5.92 Å². The number of carbonyl (C=O) groups is 1. The van der Waals surface area contributed by atoms with Crippen molar-refractivity contribution in [1.82, 2.24) is 20.6 Å². The molecule has 0 aliphatic heterocycles. The molecule has 2 aromatic rings. The van der Waals surface area contributed by atoms with Crippen LogP contribution < -0.4 is 5.32 Å². The van der Waals surface area contributed by atoms with Crippen molar-refractivity contribution in [2.45, 2.75) is 46.6 Å². The Morgan fingerprint density at radius 3 is 2.67 bits per heavy atom. The Morgan fingerprint density at radius 1 is 1.29 bits per heavy atom. The van der Waals surface area contributed by atoms with Gasteiger partial charge in [-0.2, -0.15) is 4.98 Å². The molecule has 1 amide bonds. The summed E-state index contributed by atoms with van der Waals surface area (Å²) < 4.78 is 10.2. The molecule has 0 unspecified atom stereocenters. The van der Waals surface area contributed by atoms with E-state index >= 15 is 0 Å². The van der Waals surface area contributed by atoms with E-state index in [0.717, 1.165) is 6.42 Å². The zero-order chi connectivity index (χ0) is 15.4. The SMILES string of the molecule is CCc1noc([C@@H](C)NC(=O)c2cc(CC(C)C)on2)n1. The van der Waals surface area contributed by atoms with Crippen LogP contribution >= 0.6 is 0 Å². The normalized spacial score (nSPS) is 12.6. The molecule has 0 spiro atoms. The monoisotopic (exact) mass is 292 g/mol. The standard InChI is InChI=1S/C14H20N4O3/c1-5-12-16-14(21-18-12)9(4)15-13(19)11-7-10(20-17-11)6-8(2)3/h7-9H,5-6H2,1-4H3,(H,15,19)/t9-/m1/s1. The Hall–Kier alpha value is -2.18. The van der Waals surface area contributed by atoms with Gasteiger partial charge in [-0.05, 0) is 12.8 Å². The smallest absolute Gasteiger partial charge is 0.274 e. The molecule has 1 N–H and O–H groups in total. The van der Waals surface area contributed by atoms with Crippen LogP contribution in [0.5, 0.6) is 0 Å². The van der Waals surface area contributed by atoms with E-state index < -0.39 is 0 Å². The molecular formula is C14H20N4O3. The summed E-state index contributed by atoms with van der Waals surface area (Å²) >= 11 is 0. The number of aromatic nitrogens is 3. The summed E-state index contributed by atoms with van der Waals surface area (Å²) in [6.45, 7) is 7.86. The van der Waals surface area contributed by atoms with E-state index in [1.807, 2.05) is 6.92 Å². The molecule has 21 heavy (non-hydrogen) atoms. The number of hydrogen-bond donors (Lipinski definition) is 1. The molecule has 1 atom stereocenters. The summed E-state index contributed by atoms with van der Waals surface area (Å²) in [5, 5.41) is 10.3. The average Bonchev–Trinajstić information content (AvgIpc) is 3.06.